The molecule has 0 aromatic heterocycles. The van der Waals surface area contributed by atoms with Crippen LogP contribution in [0.2, 0.25) is 5.02 Å². The molecule has 0 bridgehead atoms. The van der Waals surface area contributed by atoms with Gasteiger partial charge in [0.2, 0.25) is 0 Å². The molecule has 0 saturated heterocycles. The van der Waals surface area contributed by atoms with Crippen LogP contribution in [0, 0.1) is 11.6 Å². The lowest BCUT2D eigenvalue weighted by atomic mass is 10.0. The molecule has 18 heavy (non-hydrogen) atoms. The third-order valence-electron chi connectivity index (χ3n) is 3.20. The van der Waals surface area contributed by atoms with Crippen LogP contribution < -0.4 is 5.32 Å². The molecule has 2 aromatic carbocycles. The van der Waals surface area contributed by atoms with Gasteiger partial charge in [0.15, 0.2) is 11.6 Å². The topological polar surface area (TPSA) is 12.0 Å². The summed E-state index contributed by atoms with van der Waals surface area (Å²) in [6, 6.07) is 9.54. The summed E-state index contributed by atoms with van der Waals surface area (Å²) in [5, 5.41) is 3.96. The summed E-state index contributed by atoms with van der Waals surface area (Å²) in [7, 11) is 0. The molecule has 3 rings (SSSR count). The largest absolute Gasteiger partial charge is 0.378 e. The zero-order chi connectivity index (χ0) is 12.7. The lowest BCUT2D eigenvalue weighted by molar-refractivity contribution is 0.506. The van der Waals surface area contributed by atoms with Gasteiger partial charge in [-0.05, 0) is 35.4 Å². The zero-order valence-corrected chi connectivity index (χ0v) is 10.1. The Balaban J connectivity index is 1.94. The van der Waals surface area contributed by atoms with Gasteiger partial charge in [-0.2, -0.15) is 0 Å². The first-order valence-electron chi connectivity index (χ1n) is 5.64. The molecule has 1 aliphatic heterocycles. The second kappa shape index (κ2) is 4.25. The summed E-state index contributed by atoms with van der Waals surface area (Å²) in [4.78, 5) is 0. The highest BCUT2D eigenvalue weighted by Crippen LogP contribution is 2.38. The van der Waals surface area contributed by atoms with E-state index in [4.69, 9.17) is 11.6 Å². The minimum atomic E-state index is -0.827. The molecule has 0 radical (unpaired) electrons. The van der Waals surface area contributed by atoms with Crippen LogP contribution >= 0.6 is 11.6 Å². The average molecular weight is 266 g/mol. The highest BCUT2D eigenvalue weighted by molar-refractivity contribution is 6.31. The summed E-state index contributed by atoms with van der Waals surface area (Å²) in [6.07, 6.45) is 0.681. The average Bonchev–Trinajstić information content (AvgIpc) is 2.78. The number of rotatable bonds is 1. The van der Waals surface area contributed by atoms with Crippen LogP contribution in [0.15, 0.2) is 36.4 Å². The molecule has 1 N–H and O–H groups in total. The fraction of sp³-hybridized carbons (Fsp3) is 0.143. The van der Waals surface area contributed by atoms with E-state index < -0.39 is 11.6 Å². The van der Waals surface area contributed by atoms with Gasteiger partial charge in [0, 0.05) is 17.1 Å². The number of anilines is 1. The third-order valence-corrected chi connectivity index (χ3v) is 3.56. The van der Waals surface area contributed by atoms with Crippen LogP contribution in [0.4, 0.5) is 14.5 Å². The standard InChI is InChI=1S/C14H10ClF2N/c15-10-2-1-3-13-9(10)7-14(18-13)8-4-5-11(16)12(17)6-8/h1-6,14,18H,7H2. The van der Waals surface area contributed by atoms with E-state index in [-0.39, 0.29) is 6.04 Å². The van der Waals surface area contributed by atoms with E-state index in [0.29, 0.717) is 11.4 Å². The summed E-state index contributed by atoms with van der Waals surface area (Å²) < 4.78 is 26.1. The van der Waals surface area contributed by atoms with Crippen molar-refractivity contribution in [1.29, 1.82) is 0 Å². The van der Waals surface area contributed by atoms with Gasteiger partial charge in [0.25, 0.3) is 0 Å². The third kappa shape index (κ3) is 1.85. The fourth-order valence-corrected chi connectivity index (χ4v) is 2.53. The molecule has 0 saturated carbocycles. The van der Waals surface area contributed by atoms with E-state index >= 15 is 0 Å². The van der Waals surface area contributed by atoms with Crippen molar-refractivity contribution >= 4 is 17.3 Å². The van der Waals surface area contributed by atoms with Gasteiger partial charge in [-0.15, -0.1) is 0 Å². The minimum absolute atomic E-state index is 0.0602. The molecule has 1 aliphatic rings. The Morgan fingerprint density at radius 2 is 1.94 bits per heavy atom. The highest BCUT2D eigenvalue weighted by Gasteiger charge is 2.24. The molecule has 0 fully saturated rings. The summed E-state index contributed by atoms with van der Waals surface area (Å²) >= 11 is 6.10. The van der Waals surface area contributed by atoms with Crippen LogP contribution in [0.5, 0.6) is 0 Å². The Kier molecular flexibility index (Phi) is 2.71. The number of halogens is 3. The number of hydrogen-bond donors (Lipinski definition) is 1. The lowest BCUT2D eigenvalue weighted by Gasteiger charge is -2.11. The van der Waals surface area contributed by atoms with Crippen LogP contribution in [0.1, 0.15) is 17.2 Å². The molecule has 1 heterocycles. The monoisotopic (exact) mass is 265 g/mol. The quantitative estimate of drug-likeness (QED) is 0.809. The van der Waals surface area contributed by atoms with Gasteiger partial charge < -0.3 is 5.32 Å². The van der Waals surface area contributed by atoms with E-state index in [0.717, 1.165) is 22.9 Å². The maximum absolute atomic E-state index is 13.2. The number of nitrogens with one attached hydrogen (secondary N) is 1. The summed E-state index contributed by atoms with van der Waals surface area (Å²) in [6.45, 7) is 0. The van der Waals surface area contributed by atoms with Gasteiger partial charge >= 0.3 is 0 Å². The minimum Gasteiger partial charge on any atom is -0.378 e. The second-order valence-electron chi connectivity index (χ2n) is 4.34. The summed E-state index contributed by atoms with van der Waals surface area (Å²) in [5.74, 6) is -1.65. The molecule has 4 heteroatoms. The molecule has 0 aliphatic carbocycles. The van der Waals surface area contributed by atoms with Gasteiger partial charge in [-0.25, -0.2) is 8.78 Å². The van der Waals surface area contributed by atoms with Crippen LogP contribution in [0.3, 0.4) is 0 Å². The molecule has 92 valence electrons. The van der Waals surface area contributed by atoms with E-state index in [2.05, 4.69) is 5.32 Å². The molecule has 0 spiro atoms. The van der Waals surface area contributed by atoms with E-state index in [1.165, 1.54) is 6.07 Å². The van der Waals surface area contributed by atoms with Crippen molar-refractivity contribution < 1.29 is 8.78 Å². The first kappa shape index (κ1) is 11.5. The van der Waals surface area contributed by atoms with Crippen molar-refractivity contribution in [3.05, 3.63) is 64.2 Å². The Morgan fingerprint density at radius 1 is 1.11 bits per heavy atom. The van der Waals surface area contributed by atoms with Gasteiger partial charge in [0.1, 0.15) is 0 Å². The fourth-order valence-electron chi connectivity index (χ4n) is 2.27. The Hall–Kier alpha value is -1.61. The van der Waals surface area contributed by atoms with Gasteiger partial charge in [-0.3, -0.25) is 0 Å². The second-order valence-corrected chi connectivity index (χ2v) is 4.75. The molecule has 0 amide bonds. The zero-order valence-electron chi connectivity index (χ0n) is 9.38. The Labute approximate surface area is 108 Å². The molecule has 2 aromatic rings. The predicted molar refractivity (Wildman–Crippen MR) is 67.9 cm³/mol. The van der Waals surface area contributed by atoms with Crippen LogP contribution in [0.25, 0.3) is 0 Å². The first-order valence-corrected chi connectivity index (χ1v) is 6.02. The smallest absolute Gasteiger partial charge is 0.159 e. The SMILES string of the molecule is Fc1ccc(C2Cc3c(Cl)cccc3N2)cc1F. The van der Waals surface area contributed by atoms with Crippen LogP contribution in [-0.4, -0.2) is 0 Å². The molecular weight excluding hydrogens is 256 g/mol. The van der Waals surface area contributed by atoms with Gasteiger partial charge in [0.05, 0.1) is 6.04 Å². The maximum Gasteiger partial charge on any atom is 0.159 e. The van der Waals surface area contributed by atoms with Crippen molar-refractivity contribution in [2.24, 2.45) is 0 Å². The molecule has 1 unspecified atom stereocenters. The number of fused-ring (bicyclic) bond motifs is 1. The maximum atomic E-state index is 13.2. The number of benzene rings is 2. The summed E-state index contributed by atoms with van der Waals surface area (Å²) in [5.41, 5.74) is 2.70. The van der Waals surface area contributed by atoms with Crippen molar-refractivity contribution in [2.75, 3.05) is 5.32 Å². The molecule has 1 atom stereocenters. The van der Waals surface area contributed by atoms with Crippen LogP contribution in [-0.2, 0) is 6.42 Å². The van der Waals surface area contributed by atoms with Gasteiger partial charge in [-0.1, -0.05) is 23.7 Å². The van der Waals surface area contributed by atoms with E-state index in [1.807, 2.05) is 18.2 Å². The normalized spacial score (nSPS) is 17.4. The predicted octanol–water partition coefficient (Wildman–Crippen LogP) is 4.33. The number of hydrogen-bond acceptors (Lipinski definition) is 1. The van der Waals surface area contributed by atoms with E-state index in [1.54, 1.807) is 6.07 Å². The highest BCUT2D eigenvalue weighted by atomic mass is 35.5. The van der Waals surface area contributed by atoms with E-state index in [9.17, 15) is 8.78 Å². The van der Waals surface area contributed by atoms with Crippen molar-refractivity contribution in [3.8, 4) is 0 Å². The lowest BCUT2D eigenvalue weighted by Crippen LogP contribution is -2.06. The first-order chi connectivity index (χ1) is 8.65. The Morgan fingerprint density at radius 3 is 2.67 bits per heavy atom. The molecule has 1 nitrogen and oxygen atoms in total. The van der Waals surface area contributed by atoms with Crippen molar-refractivity contribution in [2.45, 2.75) is 12.5 Å². The molecular formula is C14H10ClF2N. The van der Waals surface area contributed by atoms with Crippen molar-refractivity contribution in [3.63, 3.8) is 0 Å². The van der Waals surface area contributed by atoms with Crippen molar-refractivity contribution in [1.82, 2.24) is 0 Å². The Bertz CT molecular complexity index is 613.